The van der Waals surface area contributed by atoms with Crippen molar-refractivity contribution in [3.05, 3.63) is 47.6 Å². The van der Waals surface area contributed by atoms with Crippen LogP contribution in [0, 0.1) is 6.92 Å². The summed E-state index contributed by atoms with van der Waals surface area (Å²) in [7, 11) is -1.18. The Morgan fingerprint density at radius 3 is 2.88 bits per heavy atom. The monoisotopic (exact) mass is 380 g/mol. The summed E-state index contributed by atoms with van der Waals surface area (Å²) >= 11 is 7.42. The van der Waals surface area contributed by atoms with Crippen molar-refractivity contribution in [2.24, 2.45) is 0 Å². The summed E-state index contributed by atoms with van der Waals surface area (Å²) in [5.41, 5.74) is 1.64. The number of aryl methyl sites for hydroxylation is 1. The highest BCUT2D eigenvalue weighted by Crippen LogP contribution is 2.35. The van der Waals surface area contributed by atoms with E-state index in [0.717, 1.165) is 16.1 Å². The third-order valence-corrected chi connectivity index (χ3v) is 5.77. The second-order valence-electron chi connectivity index (χ2n) is 4.93. The average Bonchev–Trinajstić information content (AvgIpc) is 3.17. The number of anilines is 1. The molecule has 24 heavy (non-hydrogen) atoms. The molecule has 0 saturated carbocycles. The highest BCUT2D eigenvalue weighted by molar-refractivity contribution is 7.84. The summed E-state index contributed by atoms with van der Waals surface area (Å²) in [5.74, 6) is 0. The molecule has 0 fully saturated rings. The standard InChI is InChI=1S/C15H13ClN4O2S2/c1-9-13(10-3-4-11(16)12(7-10)24(2)22)23-14(18-9)19-15(21)20-6-5-17-8-20/h3-8H,1-2H3,(H,18,19,21). The van der Waals surface area contributed by atoms with Crippen LogP contribution in [0.5, 0.6) is 0 Å². The molecule has 0 aliphatic carbocycles. The Bertz CT molecular complexity index is 922. The highest BCUT2D eigenvalue weighted by atomic mass is 35.5. The maximum absolute atomic E-state index is 12.0. The van der Waals surface area contributed by atoms with E-state index in [-0.39, 0.29) is 6.03 Å². The summed E-state index contributed by atoms with van der Waals surface area (Å²) < 4.78 is 13.1. The van der Waals surface area contributed by atoms with Gasteiger partial charge < -0.3 is 0 Å². The Hall–Kier alpha value is -2.03. The molecule has 3 aromatic rings. The third kappa shape index (κ3) is 3.40. The number of rotatable bonds is 3. The molecule has 0 aliphatic rings. The van der Waals surface area contributed by atoms with Crippen molar-refractivity contribution in [3.63, 3.8) is 0 Å². The van der Waals surface area contributed by atoms with Crippen molar-refractivity contribution >= 4 is 44.9 Å². The van der Waals surface area contributed by atoms with Crippen LogP contribution in [0.4, 0.5) is 9.93 Å². The first-order valence-corrected chi connectivity index (χ1v) is 9.61. The normalized spacial score (nSPS) is 12.1. The molecule has 3 rings (SSSR count). The zero-order valence-electron chi connectivity index (χ0n) is 12.8. The Balaban J connectivity index is 1.91. The number of imidazole rings is 1. The van der Waals surface area contributed by atoms with Crippen LogP contribution in [0.3, 0.4) is 0 Å². The fourth-order valence-corrected chi connectivity index (χ4v) is 4.15. The minimum absolute atomic E-state index is 0.334. The van der Waals surface area contributed by atoms with E-state index in [2.05, 4.69) is 15.3 Å². The van der Waals surface area contributed by atoms with Crippen LogP contribution in [0.25, 0.3) is 10.4 Å². The Morgan fingerprint density at radius 1 is 1.42 bits per heavy atom. The summed E-state index contributed by atoms with van der Waals surface area (Å²) in [6.07, 6.45) is 6.08. The van der Waals surface area contributed by atoms with Gasteiger partial charge in [-0.05, 0) is 24.6 Å². The summed E-state index contributed by atoms with van der Waals surface area (Å²) in [5, 5.41) is 3.68. The predicted molar refractivity (Wildman–Crippen MR) is 96.3 cm³/mol. The van der Waals surface area contributed by atoms with Crippen LogP contribution < -0.4 is 5.32 Å². The lowest BCUT2D eigenvalue weighted by molar-refractivity contribution is 0.253. The van der Waals surface area contributed by atoms with Gasteiger partial charge in [0.05, 0.1) is 31.3 Å². The van der Waals surface area contributed by atoms with E-state index in [1.165, 1.54) is 28.4 Å². The van der Waals surface area contributed by atoms with Gasteiger partial charge in [-0.3, -0.25) is 14.1 Å². The predicted octanol–water partition coefficient (Wildman–Crippen LogP) is 3.79. The zero-order valence-corrected chi connectivity index (χ0v) is 15.2. The van der Waals surface area contributed by atoms with Crippen molar-refractivity contribution in [1.29, 1.82) is 0 Å². The first kappa shape index (κ1) is 16.8. The lowest BCUT2D eigenvalue weighted by atomic mass is 10.2. The molecule has 0 aliphatic heterocycles. The van der Waals surface area contributed by atoms with Crippen molar-refractivity contribution in [2.45, 2.75) is 11.8 Å². The molecule has 0 spiro atoms. The zero-order chi connectivity index (χ0) is 17.3. The first-order chi connectivity index (χ1) is 11.5. The molecule has 1 aromatic carbocycles. The molecule has 0 saturated heterocycles. The molecule has 1 N–H and O–H groups in total. The molecule has 0 radical (unpaired) electrons. The lowest BCUT2D eigenvalue weighted by Crippen LogP contribution is -2.17. The van der Waals surface area contributed by atoms with Gasteiger partial charge in [0.1, 0.15) is 6.33 Å². The Morgan fingerprint density at radius 2 is 2.21 bits per heavy atom. The van der Waals surface area contributed by atoms with Crippen molar-refractivity contribution in [3.8, 4) is 10.4 Å². The summed E-state index contributed by atoms with van der Waals surface area (Å²) in [4.78, 5) is 21.7. The molecule has 6 nitrogen and oxygen atoms in total. The quantitative estimate of drug-likeness (QED) is 0.750. The van der Waals surface area contributed by atoms with Crippen LogP contribution in [-0.2, 0) is 10.8 Å². The number of thiazole rings is 1. The van der Waals surface area contributed by atoms with Gasteiger partial charge >= 0.3 is 6.03 Å². The molecular formula is C15H13ClN4O2S2. The number of aromatic nitrogens is 3. The number of hydrogen-bond acceptors (Lipinski definition) is 5. The number of halogens is 1. The Kier molecular flexibility index (Phi) is 4.79. The number of hydrogen-bond donors (Lipinski definition) is 1. The van der Waals surface area contributed by atoms with Crippen LogP contribution in [0.2, 0.25) is 5.02 Å². The smallest absolute Gasteiger partial charge is 0.283 e. The number of carbonyl (C=O) groups is 1. The van der Waals surface area contributed by atoms with E-state index < -0.39 is 10.8 Å². The Labute approximate surface area is 150 Å². The lowest BCUT2D eigenvalue weighted by Gasteiger charge is -2.04. The third-order valence-electron chi connectivity index (χ3n) is 3.25. The fraction of sp³-hybridized carbons (Fsp3) is 0.133. The van der Waals surface area contributed by atoms with Crippen LogP contribution in [0.15, 0.2) is 41.8 Å². The van der Waals surface area contributed by atoms with Crippen molar-refractivity contribution in [1.82, 2.24) is 14.5 Å². The van der Waals surface area contributed by atoms with Gasteiger partial charge in [-0.15, -0.1) is 0 Å². The van der Waals surface area contributed by atoms with Gasteiger partial charge in [0.25, 0.3) is 0 Å². The molecular weight excluding hydrogens is 368 g/mol. The fourth-order valence-electron chi connectivity index (χ4n) is 2.12. The number of carbonyl (C=O) groups excluding carboxylic acids is 1. The van der Waals surface area contributed by atoms with Crippen LogP contribution >= 0.6 is 22.9 Å². The second-order valence-corrected chi connectivity index (χ2v) is 7.69. The van der Waals surface area contributed by atoms with Crippen molar-refractivity contribution in [2.75, 3.05) is 11.6 Å². The van der Waals surface area contributed by atoms with E-state index >= 15 is 0 Å². The molecule has 1 unspecified atom stereocenters. The van der Waals surface area contributed by atoms with Gasteiger partial charge in [-0.1, -0.05) is 29.0 Å². The topological polar surface area (TPSA) is 76.9 Å². The maximum atomic E-state index is 12.0. The minimum atomic E-state index is -1.18. The molecule has 1 amide bonds. The van der Waals surface area contributed by atoms with Gasteiger partial charge in [0.2, 0.25) is 0 Å². The molecule has 1 atom stereocenters. The SMILES string of the molecule is Cc1nc(NC(=O)n2ccnc2)sc1-c1ccc(Cl)c(S(C)=O)c1. The molecule has 2 heterocycles. The average molecular weight is 381 g/mol. The highest BCUT2D eigenvalue weighted by Gasteiger charge is 2.15. The molecule has 124 valence electrons. The van der Waals surface area contributed by atoms with Crippen molar-refractivity contribution < 1.29 is 9.00 Å². The van der Waals surface area contributed by atoms with Gasteiger partial charge in [-0.2, -0.15) is 0 Å². The van der Waals surface area contributed by atoms with E-state index in [4.69, 9.17) is 11.6 Å². The van der Waals surface area contributed by atoms with Gasteiger partial charge in [0.15, 0.2) is 5.13 Å². The van der Waals surface area contributed by atoms with E-state index in [9.17, 15) is 9.00 Å². The number of nitrogens with one attached hydrogen (secondary N) is 1. The van der Waals surface area contributed by atoms with Gasteiger partial charge in [0, 0.05) is 18.6 Å². The number of amides is 1. The molecule has 0 bridgehead atoms. The number of benzene rings is 1. The molecule has 2 aromatic heterocycles. The second kappa shape index (κ2) is 6.84. The van der Waals surface area contributed by atoms with Gasteiger partial charge in [-0.25, -0.2) is 14.8 Å². The summed E-state index contributed by atoms with van der Waals surface area (Å²) in [6.45, 7) is 1.86. The maximum Gasteiger partial charge on any atom is 0.333 e. The van der Waals surface area contributed by atoms with Crippen LogP contribution in [-0.4, -0.2) is 31.0 Å². The van der Waals surface area contributed by atoms with E-state index in [1.54, 1.807) is 24.6 Å². The summed E-state index contributed by atoms with van der Waals surface area (Å²) in [6, 6.07) is 5.02. The van der Waals surface area contributed by atoms with E-state index in [0.29, 0.717) is 15.0 Å². The largest absolute Gasteiger partial charge is 0.333 e. The minimum Gasteiger partial charge on any atom is -0.283 e. The van der Waals surface area contributed by atoms with Crippen LogP contribution in [0.1, 0.15) is 5.69 Å². The van der Waals surface area contributed by atoms with E-state index in [1.807, 2.05) is 13.0 Å². The number of nitrogens with zero attached hydrogens (tertiary/aromatic N) is 3. The molecule has 9 heteroatoms. The first-order valence-electron chi connectivity index (χ1n) is 6.86.